The largest absolute Gasteiger partial charge is 0.361 e. The number of nitrogens with two attached hydrogens (primary N) is 1. The zero-order valence-corrected chi connectivity index (χ0v) is 28.3. The molecule has 0 aliphatic carbocycles. The van der Waals surface area contributed by atoms with Gasteiger partial charge in [-0.25, -0.2) is 0 Å². The molecule has 8 nitrogen and oxygen atoms in total. The molecule has 234 valence electrons. The molecular weight excluding hydrogens is 674 g/mol. The molecule has 11 heteroatoms. The minimum absolute atomic E-state index is 0.0326. The number of likely N-dealkylation sites (tertiary alicyclic amines) is 1. The highest BCUT2D eigenvalue weighted by molar-refractivity contribution is 9.10. The Kier molecular flexibility index (Phi) is 9.03. The Morgan fingerprint density at radius 1 is 1.04 bits per heavy atom. The van der Waals surface area contributed by atoms with Crippen LogP contribution in [0.4, 0.5) is 0 Å². The van der Waals surface area contributed by atoms with Crippen LogP contribution >= 0.6 is 39.3 Å². The normalized spacial score (nSPS) is 21.0. The smallest absolute Gasteiger partial charge is 0.242 e. The molecule has 3 N–H and O–H groups in total. The molecule has 3 aromatic carbocycles. The van der Waals surface area contributed by atoms with Gasteiger partial charge in [0.2, 0.25) is 17.7 Å². The maximum atomic E-state index is 15.0. The van der Waals surface area contributed by atoms with Crippen LogP contribution in [0.1, 0.15) is 36.1 Å². The van der Waals surface area contributed by atoms with Crippen LogP contribution in [-0.4, -0.2) is 74.4 Å². The van der Waals surface area contributed by atoms with Crippen molar-refractivity contribution in [2.45, 2.75) is 48.5 Å². The number of benzene rings is 3. The Hall–Kier alpha value is -3.31. The highest BCUT2D eigenvalue weighted by Gasteiger charge is 2.60. The van der Waals surface area contributed by atoms with Gasteiger partial charge in [0.1, 0.15) is 4.75 Å². The molecule has 1 unspecified atom stereocenters. The second kappa shape index (κ2) is 12.8. The molecule has 6 rings (SSSR count). The van der Waals surface area contributed by atoms with Gasteiger partial charge in [0.15, 0.2) is 0 Å². The standard InChI is InChI=1S/C34H35BrClN5O3S/c1-21-3-10-26(11-4-21)45-34(33(44)40-15-13-39(14-16-40)32(43)22(2)37)18-30(42)41(20-23-5-7-24(35)8-6-23)31(34)28-19-38-29-17-25(36)9-12-27(28)29/h3-12,17,19,22,31,38H,13-16,18,20,37H2,1-2H3/t22?,31-,34-/m0/s1. The van der Waals surface area contributed by atoms with Gasteiger partial charge in [0.25, 0.3) is 0 Å². The molecular formula is C34H35BrClN5O3S. The van der Waals surface area contributed by atoms with Crippen molar-refractivity contribution in [1.29, 1.82) is 0 Å². The third-order valence-electron chi connectivity index (χ3n) is 8.68. The Bertz CT molecular complexity index is 1740. The third-order valence-corrected chi connectivity index (χ3v) is 10.9. The van der Waals surface area contributed by atoms with Crippen LogP contribution in [0, 0.1) is 6.92 Å². The van der Waals surface area contributed by atoms with Crippen LogP contribution in [-0.2, 0) is 20.9 Å². The Balaban J connectivity index is 1.47. The maximum Gasteiger partial charge on any atom is 0.242 e. The number of hydrogen-bond acceptors (Lipinski definition) is 5. The Morgan fingerprint density at radius 2 is 1.71 bits per heavy atom. The first-order chi connectivity index (χ1) is 21.6. The van der Waals surface area contributed by atoms with Crippen LogP contribution in [0.5, 0.6) is 0 Å². The van der Waals surface area contributed by atoms with E-state index < -0.39 is 16.8 Å². The van der Waals surface area contributed by atoms with E-state index in [0.29, 0.717) is 37.7 Å². The van der Waals surface area contributed by atoms with E-state index in [1.54, 1.807) is 11.8 Å². The zero-order valence-electron chi connectivity index (χ0n) is 25.1. The summed E-state index contributed by atoms with van der Waals surface area (Å²) in [5.41, 5.74) is 9.65. The van der Waals surface area contributed by atoms with Crippen LogP contribution in [0.2, 0.25) is 5.02 Å². The molecule has 4 aromatic rings. The highest BCUT2D eigenvalue weighted by atomic mass is 79.9. The van der Waals surface area contributed by atoms with Crippen molar-refractivity contribution in [3.8, 4) is 0 Å². The summed E-state index contributed by atoms with van der Waals surface area (Å²) < 4.78 is -0.228. The van der Waals surface area contributed by atoms with Gasteiger partial charge in [-0.15, -0.1) is 11.8 Å². The molecule has 45 heavy (non-hydrogen) atoms. The second-order valence-corrected chi connectivity index (χ2v) is 14.6. The summed E-state index contributed by atoms with van der Waals surface area (Å²) in [6.45, 7) is 5.56. The lowest BCUT2D eigenvalue weighted by molar-refractivity contribution is -0.142. The number of fused-ring (bicyclic) bond motifs is 1. The number of H-pyrrole nitrogens is 1. The predicted molar refractivity (Wildman–Crippen MR) is 182 cm³/mol. The van der Waals surface area contributed by atoms with Crippen LogP contribution < -0.4 is 5.73 Å². The van der Waals surface area contributed by atoms with E-state index in [9.17, 15) is 9.59 Å². The number of nitrogens with one attached hydrogen (secondary N) is 1. The summed E-state index contributed by atoms with van der Waals surface area (Å²) in [6.07, 6.45) is 1.95. The lowest BCUT2D eigenvalue weighted by Gasteiger charge is -2.42. The van der Waals surface area contributed by atoms with E-state index in [0.717, 1.165) is 37.0 Å². The van der Waals surface area contributed by atoms with Crippen LogP contribution in [0.3, 0.4) is 0 Å². The molecule has 0 spiro atoms. The van der Waals surface area contributed by atoms with Crippen LogP contribution in [0.25, 0.3) is 10.9 Å². The van der Waals surface area contributed by atoms with Gasteiger partial charge < -0.3 is 25.4 Å². The van der Waals surface area contributed by atoms with Crippen LogP contribution in [0.15, 0.2) is 82.3 Å². The van der Waals surface area contributed by atoms with E-state index in [2.05, 4.69) is 20.9 Å². The van der Waals surface area contributed by atoms with Gasteiger partial charge in [-0.3, -0.25) is 14.4 Å². The second-order valence-electron chi connectivity index (χ2n) is 11.9. The van der Waals surface area contributed by atoms with E-state index in [1.165, 1.54) is 11.8 Å². The quantitative estimate of drug-likeness (QED) is 0.249. The lowest BCUT2D eigenvalue weighted by Crippen LogP contribution is -2.58. The summed E-state index contributed by atoms with van der Waals surface area (Å²) in [5.74, 6) is -0.330. The fourth-order valence-corrected chi connectivity index (χ4v) is 8.29. The fraction of sp³-hybridized carbons (Fsp3) is 0.324. The highest BCUT2D eigenvalue weighted by Crippen LogP contribution is 2.55. The van der Waals surface area contributed by atoms with E-state index >= 15 is 4.79 Å². The number of rotatable bonds is 7. The van der Waals surface area contributed by atoms with Crippen molar-refractivity contribution in [3.63, 3.8) is 0 Å². The predicted octanol–water partition coefficient (Wildman–Crippen LogP) is 5.91. The molecule has 2 aliphatic heterocycles. The van der Waals surface area contributed by atoms with Crippen molar-refractivity contribution in [3.05, 3.63) is 99.1 Å². The Labute approximate surface area is 280 Å². The number of hydrogen-bond donors (Lipinski definition) is 2. The average Bonchev–Trinajstić information content (AvgIpc) is 3.55. The molecule has 3 atom stereocenters. The Morgan fingerprint density at radius 3 is 2.38 bits per heavy atom. The summed E-state index contributed by atoms with van der Waals surface area (Å²) >= 11 is 11.3. The van der Waals surface area contributed by atoms with Gasteiger partial charge in [0.05, 0.1) is 18.5 Å². The summed E-state index contributed by atoms with van der Waals surface area (Å²) in [6, 6.07) is 20.4. The number of nitrogens with zero attached hydrogens (tertiary/aromatic N) is 3. The third kappa shape index (κ3) is 6.25. The lowest BCUT2D eigenvalue weighted by atomic mass is 9.90. The summed E-state index contributed by atoms with van der Waals surface area (Å²) in [5, 5.41) is 1.51. The number of piperazine rings is 1. The van der Waals surface area contributed by atoms with Gasteiger partial charge in [-0.1, -0.05) is 63.4 Å². The number of carbonyl (C=O) groups is 3. The minimum Gasteiger partial charge on any atom is -0.361 e. The molecule has 3 amide bonds. The molecule has 2 saturated heterocycles. The maximum absolute atomic E-state index is 15.0. The fourth-order valence-electron chi connectivity index (χ4n) is 6.38. The number of aromatic nitrogens is 1. The molecule has 1 aromatic heterocycles. The molecule has 0 bridgehead atoms. The first-order valence-corrected chi connectivity index (χ1v) is 16.9. The van der Waals surface area contributed by atoms with Crippen molar-refractivity contribution in [1.82, 2.24) is 19.7 Å². The molecule has 2 aliphatic rings. The minimum atomic E-state index is -1.18. The monoisotopic (exact) mass is 707 g/mol. The van der Waals surface area contributed by atoms with Crippen molar-refractivity contribution in [2.24, 2.45) is 5.73 Å². The van der Waals surface area contributed by atoms with E-state index in [-0.39, 0.29) is 24.1 Å². The van der Waals surface area contributed by atoms with E-state index in [1.807, 2.05) is 89.7 Å². The number of thioether (sulfide) groups is 1. The number of carbonyl (C=O) groups excluding carboxylic acids is 3. The molecule has 3 heterocycles. The number of halogens is 2. The molecule has 0 radical (unpaired) electrons. The van der Waals surface area contributed by atoms with Crippen molar-refractivity contribution < 1.29 is 14.4 Å². The first kappa shape index (κ1) is 31.7. The van der Waals surface area contributed by atoms with E-state index in [4.69, 9.17) is 17.3 Å². The van der Waals surface area contributed by atoms with Gasteiger partial charge in [-0.2, -0.15) is 0 Å². The number of aromatic amines is 1. The first-order valence-electron chi connectivity index (χ1n) is 15.0. The zero-order chi connectivity index (χ0) is 31.9. The molecule has 2 fully saturated rings. The van der Waals surface area contributed by atoms with Gasteiger partial charge >= 0.3 is 0 Å². The summed E-state index contributed by atoms with van der Waals surface area (Å²) in [7, 11) is 0. The number of aryl methyl sites for hydroxylation is 1. The van der Waals surface area contributed by atoms with Crippen molar-refractivity contribution >= 4 is 67.9 Å². The molecule has 0 saturated carbocycles. The summed E-state index contributed by atoms with van der Waals surface area (Å²) in [4.78, 5) is 51.6. The van der Waals surface area contributed by atoms with Gasteiger partial charge in [-0.05, 0) is 55.8 Å². The van der Waals surface area contributed by atoms with Crippen molar-refractivity contribution in [2.75, 3.05) is 26.2 Å². The number of amides is 3. The van der Waals surface area contributed by atoms with Gasteiger partial charge in [0, 0.05) is 69.8 Å². The topological polar surface area (TPSA) is 103 Å². The average molecular weight is 709 g/mol. The SMILES string of the molecule is Cc1ccc(S[C@@]2(C(=O)N3CCN(C(=O)C(C)N)CC3)CC(=O)N(Cc3ccc(Br)cc3)[C@H]2c2c[nH]c3cc(Cl)ccc23)cc1.